The molecule has 4 rings (SSSR count). The maximum Gasteiger partial charge on any atom is 0.238 e. The predicted octanol–water partition coefficient (Wildman–Crippen LogP) is 3.08. The smallest absolute Gasteiger partial charge is 0.238 e. The van der Waals surface area contributed by atoms with E-state index in [1.54, 1.807) is 48.5 Å². The van der Waals surface area contributed by atoms with Crippen LogP contribution in [0.2, 0.25) is 0 Å². The highest BCUT2D eigenvalue weighted by molar-refractivity contribution is 6.21. The molecular formula is C22H15N3O3. The average Bonchev–Trinajstić information content (AvgIpc) is 3.03. The van der Waals surface area contributed by atoms with Gasteiger partial charge in [-0.25, -0.2) is 0 Å². The number of benzene rings is 2. The number of para-hydroxylation sites is 2. The molecule has 0 saturated carbocycles. The molecule has 2 atom stereocenters. The van der Waals surface area contributed by atoms with Crippen LogP contribution < -0.4 is 9.64 Å². The lowest BCUT2D eigenvalue weighted by Gasteiger charge is -2.31. The molecular weight excluding hydrogens is 354 g/mol. The summed E-state index contributed by atoms with van der Waals surface area (Å²) in [6.45, 7) is 0.130. The highest BCUT2D eigenvalue weighted by atomic mass is 16.5. The molecule has 1 unspecified atom stereocenters. The zero-order chi connectivity index (χ0) is 19.7. The van der Waals surface area contributed by atoms with Crippen molar-refractivity contribution in [1.29, 1.82) is 10.5 Å². The number of hydrogen-bond donors (Lipinski definition) is 0. The van der Waals surface area contributed by atoms with Crippen LogP contribution in [0.15, 0.2) is 60.2 Å². The van der Waals surface area contributed by atoms with Crippen molar-refractivity contribution in [2.75, 3.05) is 11.5 Å². The minimum atomic E-state index is -0.687. The minimum absolute atomic E-state index is 0.0115. The number of ether oxygens (including phenoxy) is 1. The Labute approximate surface area is 161 Å². The molecule has 1 saturated heterocycles. The Hall–Kier alpha value is -3.90. The molecule has 2 heterocycles. The Balaban J connectivity index is 1.78. The zero-order valence-corrected chi connectivity index (χ0v) is 14.8. The summed E-state index contributed by atoms with van der Waals surface area (Å²) >= 11 is 0. The lowest BCUT2D eigenvalue weighted by Crippen LogP contribution is -2.35. The SMILES string of the molecule is N#CC(C#N)=C1c2ccccc2OC[C@H]1C1CC(=O)N(c2ccccc2)C1=O. The van der Waals surface area contributed by atoms with E-state index in [0.29, 0.717) is 22.6 Å². The van der Waals surface area contributed by atoms with E-state index in [-0.39, 0.29) is 30.4 Å². The van der Waals surface area contributed by atoms with Gasteiger partial charge in [0.05, 0.1) is 18.2 Å². The Kier molecular flexibility index (Phi) is 4.39. The van der Waals surface area contributed by atoms with Gasteiger partial charge < -0.3 is 4.74 Å². The lowest BCUT2D eigenvalue weighted by atomic mass is 9.78. The maximum atomic E-state index is 13.1. The molecule has 2 aromatic rings. The Bertz CT molecular complexity index is 1060. The molecule has 0 spiro atoms. The highest BCUT2D eigenvalue weighted by Crippen LogP contribution is 2.44. The number of anilines is 1. The number of allylic oxidation sites excluding steroid dienone is 1. The van der Waals surface area contributed by atoms with Crippen molar-refractivity contribution in [1.82, 2.24) is 0 Å². The van der Waals surface area contributed by atoms with E-state index in [9.17, 15) is 20.1 Å². The topological polar surface area (TPSA) is 94.2 Å². The second-order valence-corrected chi connectivity index (χ2v) is 6.64. The molecule has 0 radical (unpaired) electrons. The number of rotatable bonds is 2. The third-order valence-corrected chi connectivity index (χ3v) is 5.14. The summed E-state index contributed by atoms with van der Waals surface area (Å²) < 4.78 is 5.81. The van der Waals surface area contributed by atoms with Crippen LogP contribution in [0.1, 0.15) is 12.0 Å². The Morgan fingerprint density at radius 2 is 1.64 bits per heavy atom. The van der Waals surface area contributed by atoms with Gasteiger partial charge in [0.1, 0.15) is 23.5 Å². The predicted molar refractivity (Wildman–Crippen MR) is 101 cm³/mol. The van der Waals surface area contributed by atoms with Gasteiger partial charge >= 0.3 is 0 Å². The van der Waals surface area contributed by atoms with Crippen LogP contribution in [0, 0.1) is 34.5 Å². The maximum absolute atomic E-state index is 13.1. The minimum Gasteiger partial charge on any atom is -0.492 e. The van der Waals surface area contributed by atoms with E-state index < -0.39 is 11.8 Å². The molecule has 0 aliphatic carbocycles. The molecule has 6 nitrogen and oxygen atoms in total. The van der Waals surface area contributed by atoms with Gasteiger partial charge in [0.2, 0.25) is 11.8 Å². The highest BCUT2D eigenvalue weighted by Gasteiger charge is 2.47. The average molecular weight is 369 g/mol. The Morgan fingerprint density at radius 3 is 2.36 bits per heavy atom. The summed E-state index contributed by atoms with van der Waals surface area (Å²) in [6.07, 6.45) is 0.0115. The normalized spacial score (nSPS) is 20.8. The number of carbonyl (C=O) groups is 2. The summed E-state index contributed by atoms with van der Waals surface area (Å²) in [5, 5.41) is 19.0. The first-order chi connectivity index (χ1) is 13.7. The summed E-state index contributed by atoms with van der Waals surface area (Å²) in [5.41, 5.74) is 1.56. The molecule has 6 heteroatoms. The monoisotopic (exact) mass is 369 g/mol. The van der Waals surface area contributed by atoms with Crippen LogP contribution in [-0.2, 0) is 9.59 Å². The second kappa shape index (κ2) is 7.02. The number of carbonyl (C=O) groups excluding carboxylic acids is 2. The van der Waals surface area contributed by atoms with Gasteiger partial charge in [0.15, 0.2) is 0 Å². The third-order valence-electron chi connectivity index (χ3n) is 5.14. The summed E-state index contributed by atoms with van der Waals surface area (Å²) in [4.78, 5) is 26.9. The van der Waals surface area contributed by atoms with Gasteiger partial charge in [-0.2, -0.15) is 10.5 Å². The third kappa shape index (κ3) is 2.72. The molecule has 136 valence electrons. The first-order valence-electron chi connectivity index (χ1n) is 8.84. The number of imide groups is 1. The number of amides is 2. The van der Waals surface area contributed by atoms with E-state index in [1.807, 2.05) is 18.2 Å². The number of fused-ring (bicyclic) bond motifs is 1. The molecule has 0 bridgehead atoms. The summed E-state index contributed by atoms with van der Waals surface area (Å²) in [6, 6.07) is 19.7. The van der Waals surface area contributed by atoms with E-state index in [2.05, 4.69) is 0 Å². The van der Waals surface area contributed by atoms with E-state index in [1.165, 1.54) is 4.90 Å². The van der Waals surface area contributed by atoms with Gasteiger partial charge in [-0.1, -0.05) is 36.4 Å². The van der Waals surface area contributed by atoms with Gasteiger partial charge in [-0.05, 0) is 23.8 Å². The number of hydrogen-bond acceptors (Lipinski definition) is 5. The molecule has 0 N–H and O–H groups in total. The van der Waals surface area contributed by atoms with Gasteiger partial charge in [0.25, 0.3) is 0 Å². The van der Waals surface area contributed by atoms with Crippen molar-refractivity contribution in [3.63, 3.8) is 0 Å². The molecule has 2 amide bonds. The van der Waals surface area contributed by atoms with Crippen LogP contribution in [0.4, 0.5) is 5.69 Å². The van der Waals surface area contributed by atoms with Crippen molar-refractivity contribution >= 4 is 23.1 Å². The van der Waals surface area contributed by atoms with Crippen molar-refractivity contribution in [3.8, 4) is 17.9 Å². The molecule has 0 aromatic heterocycles. The van der Waals surface area contributed by atoms with Crippen LogP contribution >= 0.6 is 0 Å². The molecule has 28 heavy (non-hydrogen) atoms. The van der Waals surface area contributed by atoms with Crippen LogP contribution in [0.5, 0.6) is 5.75 Å². The van der Waals surface area contributed by atoms with Crippen LogP contribution in [0.3, 0.4) is 0 Å². The largest absolute Gasteiger partial charge is 0.492 e. The van der Waals surface area contributed by atoms with Crippen molar-refractivity contribution in [2.24, 2.45) is 11.8 Å². The van der Waals surface area contributed by atoms with Gasteiger partial charge in [0, 0.05) is 17.9 Å². The zero-order valence-electron chi connectivity index (χ0n) is 14.8. The standard InChI is InChI=1S/C22H15N3O3/c23-11-14(12-24)21-16-8-4-5-9-19(16)28-13-18(21)17-10-20(26)25(22(17)27)15-6-2-1-3-7-15/h1-9,17-18H,10,13H2/t17?,18-/m0/s1. The summed E-state index contributed by atoms with van der Waals surface area (Å²) in [7, 11) is 0. The Morgan fingerprint density at radius 1 is 0.964 bits per heavy atom. The van der Waals surface area contributed by atoms with Crippen molar-refractivity contribution in [2.45, 2.75) is 6.42 Å². The molecule has 2 aromatic carbocycles. The first-order valence-corrected chi connectivity index (χ1v) is 8.84. The van der Waals surface area contributed by atoms with Gasteiger partial charge in [-0.3, -0.25) is 14.5 Å². The fourth-order valence-electron chi connectivity index (χ4n) is 3.88. The summed E-state index contributed by atoms with van der Waals surface area (Å²) in [5.74, 6) is -1.30. The van der Waals surface area contributed by atoms with Crippen LogP contribution in [0.25, 0.3) is 5.57 Å². The molecule has 1 fully saturated rings. The fraction of sp³-hybridized carbons (Fsp3) is 0.182. The lowest BCUT2D eigenvalue weighted by molar-refractivity contribution is -0.122. The molecule has 2 aliphatic rings. The van der Waals surface area contributed by atoms with E-state index >= 15 is 0 Å². The van der Waals surface area contributed by atoms with Gasteiger partial charge in [-0.15, -0.1) is 0 Å². The first kappa shape index (κ1) is 17.5. The second-order valence-electron chi connectivity index (χ2n) is 6.64. The van der Waals surface area contributed by atoms with Crippen molar-refractivity contribution in [3.05, 3.63) is 65.7 Å². The molecule has 2 aliphatic heterocycles. The number of nitriles is 2. The fourth-order valence-corrected chi connectivity index (χ4v) is 3.88. The van der Waals surface area contributed by atoms with Crippen LogP contribution in [-0.4, -0.2) is 18.4 Å². The van der Waals surface area contributed by atoms with E-state index in [0.717, 1.165) is 0 Å². The van der Waals surface area contributed by atoms with E-state index in [4.69, 9.17) is 4.74 Å². The number of nitrogens with zero attached hydrogens (tertiary/aromatic N) is 3. The quantitative estimate of drug-likeness (QED) is 0.599. The van der Waals surface area contributed by atoms with Crippen molar-refractivity contribution < 1.29 is 14.3 Å².